The second-order valence-corrected chi connectivity index (χ2v) is 5.51. The Bertz CT molecular complexity index is 855. The fourth-order valence-electron chi connectivity index (χ4n) is 2.57. The Morgan fingerprint density at radius 2 is 2.27 bits per heavy atom. The summed E-state index contributed by atoms with van der Waals surface area (Å²) >= 11 is 5.78. The Morgan fingerprint density at radius 1 is 1.45 bits per heavy atom. The monoisotopic (exact) mass is 320 g/mol. The van der Waals surface area contributed by atoms with Gasteiger partial charge in [-0.05, 0) is 6.07 Å². The molecule has 1 amide bonds. The van der Waals surface area contributed by atoms with Crippen molar-refractivity contribution in [2.75, 3.05) is 13.1 Å². The van der Waals surface area contributed by atoms with Crippen molar-refractivity contribution in [2.45, 2.75) is 5.92 Å². The minimum atomic E-state index is -0.641. The second-order valence-electron chi connectivity index (χ2n) is 5.11. The Balaban J connectivity index is 1.61. The molecule has 0 spiro atoms. The number of hydrogen-bond donors (Lipinski definition) is 1. The quantitative estimate of drug-likeness (QED) is 0.775. The number of H-pyrrole nitrogens is 1. The van der Waals surface area contributed by atoms with Crippen LogP contribution in [0.15, 0.2) is 24.8 Å². The van der Waals surface area contributed by atoms with Crippen molar-refractivity contribution in [1.29, 1.82) is 0 Å². The molecule has 1 aliphatic rings. The predicted molar refractivity (Wildman–Crippen MR) is 75.2 cm³/mol. The van der Waals surface area contributed by atoms with E-state index in [-0.39, 0.29) is 27.9 Å². The number of fused-ring (bicyclic) bond motifs is 1. The highest BCUT2D eigenvalue weighted by atomic mass is 35.5. The molecule has 22 heavy (non-hydrogen) atoms. The van der Waals surface area contributed by atoms with E-state index in [9.17, 15) is 9.18 Å². The molecule has 0 unspecified atom stereocenters. The first-order valence-electron chi connectivity index (χ1n) is 6.61. The van der Waals surface area contributed by atoms with Crippen LogP contribution in [0.5, 0.6) is 0 Å². The fraction of sp³-hybridized carbons (Fsp3) is 0.231. The third-order valence-corrected chi connectivity index (χ3v) is 4.09. The Morgan fingerprint density at radius 3 is 3.00 bits per heavy atom. The Labute approximate surface area is 128 Å². The van der Waals surface area contributed by atoms with Crippen LogP contribution in [0.3, 0.4) is 0 Å². The summed E-state index contributed by atoms with van der Waals surface area (Å²) in [6.07, 6.45) is 4.31. The molecular formula is C13H10ClFN6O. The van der Waals surface area contributed by atoms with Crippen LogP contribution in [0, 0.1) is 5.82 Å². The van der Waals surface area contributed by atoms with Gasteiger partial charge in [0.1, 0.15) is 17.7 Å². The SMILES string of the molecule is O=C(c1cnn2ccc(Cl)c(F)c12)N1CC(c2ncn[nH]2)C1. The number of halogens is 2. The minimum absolute atomic E-state index is 0.0369. The largest absolute Gasteiger partial charge is 0.337 e. The topological polar surface area (TPSA) is 79.2 Å². The van der Waals surface area contributed by atoms with Gasteiger partial charge in [-0.3, -0.25) is 9.89 Å². The summed E-state index contributed by atoms with van der Waals surface area (Å²) in [5.74, 6) is -0.0379. The maximum absolute atomic E-state index is 14.2. The summed E-state index contributed by atoms with van der Waals surface area (Å²) in [4.78, 5) is 18.2. The van der Waals surface area contributed by atoms with Crippen LogP contribution in [-0.4, -0.2) is 48.7 Å². The molecule has 0 aliphatic carbocycles. The van der Waals surface area contributed by atoms with Crippen molar-refractivity contribution in [3.05, 3.63) is 47.0 Å². The third-order valence-electron chi connectivity index (χ3n) is 3.79. The van der Waals surface area contributed by atoms with Gasteiger partial charge in [0.2, 0.25) is 0 Å². The van der Waals surface area contributed by atoms with Crippen LogP contribution in [0.4, 0.5) is 4.39 Å². The second kappa shape index (κ2) is 4.77. The molecule has 3 aromatic heterocycles. The molecule has 1 fully saturated rings. The van der Waals surface area contributed by atoms with Gasteiger partial charge in [-0.2, -0.15) is 10.2 Å². The molecule has 0 aromatic carbocycles. The molecule has 0 radical (unpaired) electrons. The Hall–Kier alpha value is -2.48. The van der Waals surface area contributed by atoms with Gasteiger partial charge in [-0.1, -0.05) is 11.6 Å². The average Bonchev–Trinajstić information content (AvgIpc) is 3.10. The summed E-state index contributed by atoms with van der Waals surface area (Å²) < 4.78 is 15.5. The molecule has 4 rings (SSSR count). The number of nitrogens with zero attached hydrogens (tertiary/aromatic N) is 5. The summed E-state index contributed by atoms with van der Waals surface area (Å²) in [6, 6.07) is 1.40. The number of aromatic nitrogens is 5. The molecule has 112 valence electrons. The van der Waals surface area contributed by atoms with E-state index in [4.69, 9.17) is 11.6 Å². The molecule has 3 aromatic rings. The van der Waals surface area contributed by atoms with E-state index in [1.54, 1.807) is 4.90 Å². The lowest BCUT2D eigenvalue weighted by molar-refractivity contribution is 0.0596. The summed E-state index contributed by atoms with van der Waals surface area (Å²) in [7, 11) is 0. The molecule has 0 bridgehead atoms. The van der Waals surface area contributed by atoms with Crippen LogP contribution in [0.25, 0.3) is 5.52 Å². The number of likely N-dealkylation sites (tertiary alicyclic amines) is 1. The van der Waals surface area contributed by atoms with E-state index >= 15 is 0 Å². The normalized spacial score (nSPS) is 15.3. The zero-order valence-corrected chi connectivity index (χ0v) is 12.0. The van der Waals surface area contributed by atoms with Crippen LogP contribution in [0.2, 0.25) is 5.02 Å². The summed E-state index contributed by atoms with van der Waals surface area (Å²) in [5, 5.41) is 10.5. The van der Waals surface area contributed by atoms with Crippen molar-refractivity contribution < 1.29 is 9.18 Å². The molecule has 7 nitrogen and oxygen atoms in total. The first-order chi connectivity index (χ1) is 10.6. The molecule has 4 heterocycles. The third kappa shape index (κ3) is 1.87. The van der Waals surface area contributed by atoms with Crippen LogP contribution in [-0.2, 0) is 0 Å². The molecule has 0 atom stereocenters. The number of pyridine rings is 1. The van der Waals surface area contributed by atoms with Gasteiger partial charge in [0, 0.05) is 19.3 Å². The van der Waals surface area contributed by atoms with E-state index in [2.05, 4.69) is 20.3 Å². The smallest absolute Gasteiger partial charge is 0.257 e. The highest BCUT2D eigenvalue weighted by Gasteiger charge is 2.35. The first kappa shape index (κ1) is 13.2. The Kier molecular flexibility index (Phi) is 2.86. The number of nitrogens with one attached hydrogen (secondary N) is 1. The lowest BCUT2D eigenvalue weighted by Gasteiger charge is -2.37. The van der Waals surface area contributed by atoms with Gasteiger partial charge in [0.25, 0.3) is 5.91 Å². The zero-order valence-electron chi connectivity index (χ0n) is 11.2. The summed E-state index contributed by atoms with van der Waals surface area (Å²) in [5.41, 5.74) is 0.302. The van der Waals surface area contributed by atoms with E-state index in [1.807, 2.05) is 0 Å². The number of carbonyl (C=O) groups excluding carboxylic acids is 1. The highest BCUT2D eigenvalue weighted by molar-refractivity contribution is 6.31. The van der Waals surface area contributed by atoms with Crippen molar-refractivity contribution in [3.8, 4) is 0 Å². The lowest BCUT2D eigenvalue weighted by Crippen LogP contribution is -2.48. The molecular weight excluding hydrogens is 311 g/mol. The standard InChI is InChI=1S/C13H10ClFN6O/c14-9-1-2-21-11(10(9)15)8(3-18-21)13(22)20-4-7(5-20)12-16-6-17-19-12/h1-3,6-7H,4-5H2,(H,16,17,19). The van der Waals surface area contributed by atoms with Gasteiger partial charge < -0.3 is 4.90 Å². The van der Waals surface area contributed by atoms with Gasteiger partial charge in [-0.15, -0.1) is 0 Å². The molecule has 9 heteroatoms. The lowest BCUT2D eigenvalue weighted by atomic mass is 9.98. The number of aromatic amines is 1. The maximum Gasteiger partial charge on any atom is 0.257 e. The number of amides is 1. The molecule has 1 N–H and O–H groups in total. The maximum atomic E-state index is 14.2. The minimum Gasteiger partial charge on any atom is -0.337 e. The van der Waals surface area contributed by atoms with Gasteiger partial charge in [0.15, 0.2) is 5.82 Å². The van der Waals surface area contributed by atoms with Crippen LogP contribution in [0.1, 0.15) is 22.1 Å². The first-order valence-corrected chi connectivity index (χ1v) is 6.99. The van der Waals surface area contributed by atoms with Crippen LogP contribution >= 0.6 is 11.6 Å². The van der Waals surface area contributed by atoms with E-state index in [0.29, 0.717) is 13.1 Å². The van der Waals surface area contributed by atoms with Gasteiger partial charge in [0.05, 0.1) is 22.7 Å². The van der Waals surface area contributed by atoms with E-state index in [0.717, 1.165) is 5.82 Å². The van der Waals surface area contributed by atoms with E-state index < -0.39 is 5.82 Å². The van der Waals surface area contributed by atoms with Gasteiger partial charge in [-0.25, -0.2) is 13.9 Å². The predicted octanol–water partition coefficient (Wildman–Crippen LogP) is 1.48. The number of rotatable bonds is 2. The molecule has 1 aliphatic heterocycles. The number of carbonyl (C=O) groups is 1. The van der Waals surface area contributed by atoms with Crippen LogP contribution < -0.4 is 0 Å². The van der Waals surface area contributed by atoms with Gasteiger partial charge >= 0.3 is 0 Å². The van der Waals surface area contributed by atoms with Crippen molar-refractivity contribution in [2.24, 2.45) is 0 Å². The van der Waals surface area contributed by atoms with Crippen molar-refractivity contribution in [1.82, 2.24) is 29.7 Å². The molecule has 0 saturated carbocycles. The van der Waals surface area contributed by atoms with Crippen molar-refractivity contribution in [3.63, 3.8) is 0 Å². The molecule has 1 saturated heterocycles. The highest BCUT2D eigenvalue weighted by Crippen LogP contribution is 2.28. The average molecular weight is 321 g/mol. The van der Waals surface area contributed by atoms with Crippen molar-refractivity contribution >= 4 is 23.0 Å². The van der Waals surface area contributed by atoms with E-state index in [1.165, 1.54) is 29.3 Å². The zero-order chi connectivity index (χ0) is 15.3. The summed E-state index contributed by atoms with van der Waals surface area (Å²) in [6.45, 7) is 1.01. The number of hydrogen-bond acceptors (Lipinski definition) is 4. The fourth-order valence-corrected chi connectivity index (χ4v) is 2.72.